The van der Waals surface area contributed by atoms with Gasteiger partial charge in [0, 0.05) is 24.2 Å². The fourth-order valence-electron chi connectivity index (χ4n) is 4.74. The summed E-state index contributed by atoms with van der Waals surface area (Å²) < 4.78 is 62.5. The maximum Gasteiger partial charge on any atom is 0.264 e. The summed E-state index contributed by atoms with van der Waals surface area (Å²) >= 11 is 0. The highest BCUT2D eigenvalue weighted by atomic mass is 32.2. The molecular formula is C33H39F2N5O3S. The molecule has 4 aromatic rings. The van der Waals surface area contributed by atoms with Crippen LogP contribution in [-0.4, -0.2) is 35.1 Å². The molecule has 0 amide bonds. The van der Waals surface area contributed by atoms with Gasteiger partial charge in [-0.2, -0.15) is 5.10 Å². The molecule has 4 rings (SSSR count). The molecule has 0 radical (unpaired) electrons. The number of anilines is 1. The summed E-state index contributed by atoms with van der Waals surface area (Å²) in [6.07, 6.45) is 13.8. The number of nitrogens with zero attached hydrogens (tertiary/aromatic N) is 4. The number of ether oxygens (including phenoxy) is 1. The number of imidazole rings is 1. The maximum absolute atomic E-state index is 14.2. The van der Waals surface area contributed by atoms with E-state index in [1.54, 1.807) is 22.8 Å². The third-order valence-electron chi connectivity index (χ3n) is 7.08. The largest absolute Gasteiger partial charge is 0.480 e. The second-order valence-electron chi connectivity index (χ2n) is 11.9. The second kappa shape index (κ2) is 14.6. The summed E-state index contributed by atoms with van der Waals surface area (Å²) in [5, 5.41) is 4.65. The van der Waals surface area contributed by atoms with Gasteiger partial charge < -0.3 is 4.74 Å². The predicted molar refractivity (Wildman–Crippen MR) is 168 cm³/mol. The standard InChI is InChI=1S/C33H39F2N5O3S/c1-33(2,3)19-13-11-9-7-5-6-8-10-12-14-26-23-36-31-18-16-28(38-40(26)31)24-20-29(32(43-4)37-22-24)39-44(41,42)30-17-15-25(34)21-27(30)35/h15-18,20-23,39H,5-11,13,19H2,1-4H3. The summed E-state index contributed by atoms with van der Waals surface area (Å²) in [4.78, 5) is 7.87. The molecule has 3 aromatic heterocycles. The molecule has 1 N–H and O–H groups in total. The van der Waals surface area contributed by atoms with E-state index < -0.39 is 26.6 Å². The van der Waals surface area contributed by atoms with E-state index in [0.717, 1.165) is 31.4 Å². The van der Waals surface area contributed by atoms with Crippen molar-refractivity contribution in [1.82, 2.24) is 19.6 Å². The first-order valence-electron chi connectivity index (χ1n) is 14.8. The lowest BCUT2D eigenvalue weighted by molar-refractivity contribution is 0.356. The highest BCUT2D eigenvalue weighted by molar-refractivity contribution is 7.92. The Morgan fingerprint density at radius 1 is 0.932 bits per heavy atom. The van der Waals surface area contributed by atoms with Gasteiger partial charge in [0.2, 0.25) is 5.88 Å². The SMILES string of the molecule is COc1ncc(-c2ccc3ncc(C#CCCCCCCCCCC(C)(C)C)n3n2)cc1NS(=O)(=O)c1ccc(F)cc1F. The molecule has 0 aliphatic heterocycles. The van der Waals surface area contributed by atoms with E-state index >= 15 is 0 Å². The zero-order chi connectivity index (χ0) is 31.7. The lowest BCUT2D eigenvalue weighted by Crippen LogP contribution is -2.16. The Morgan fingerprint density at radius 2 is 1.66 bits per heavy atom. The van der Waals surface area contributed by atoms with E-state index in [1.165, 1.54) is 57.9 Å². The molecule has 3 heterocycles. The molecule has 0 atom stereocenters. The van der Waals surface area contributed by atoms with Gasteiger partial charge in [-0.05, 0) is 54.5 Å². The quantitative estimate of drug-likeness (QED) is 0.121. The first kappa shape index (κ1) is 32.9. The fraction of sp³-hybridized carbons (Fsp3) is 0.424. The van der Waals surface area contributed by atoms with Gasteiger partial charge in [0.05, 0.1) is 19.0 Å². The zero-order valence-electron chi connectivity index (χ0n) is 25.7. The maximum atomic E-state index is 14.2. The number of hydrogen-bond acceptors (Lipinski definition) is 6. The Labute approximate surface area is 258 Å². The first-order valence-corrected chi connectivity index (χ1v) is 16.3. The molecule has 234 valence electrons. The first-order chi connectivity index (χ1) is 21.0. The topological polar surface area (TPSA) is 98.5 Å². The zero-order valence-corrected chi connectivity index (χ0v) is 26.5. The third kappa shape index (κ3) is 8.99. The summed E-state index contributed by atoms with van der Waals surface area (Å²) in [5.41, 5.74) is 2.58. The van der Waals surface area contributed by atoms with Crippen molar-refractivity contribution >= 4 is 21.4 Å². The second-order valence-corrected chi connectivity index (χ2v) is 13.6. The van der Waals surface area contributed by atoms with Crippen LogP contribution in [0.25, 0.3) is 16.9 Å². The smallest absolute Gasteiger partial charge is 0.264 e. The number of hydrogen-bond donors (Lipinski definition) is 1. The molecule has 0 fully saturated rings. The molecular weight excluding hydrogens is 584 g/mol. The number of nitrogens with one attached hydrogen (secondary N) is 1. The molecule has 0 unspecified atom stereocenters. The van der Waals surface area contributed by atoms with E-state index in [-0.39, 0.29) is 11.6 Å². The van der Waals surface area contributed by atoms with Crippen molar-refractivity contribution in [3.8, 4) is 29.0 Å². The molecule has 0 saturated carbocycles. The molecule has 0 saturated heterocycles. The number of fused-ring (bicyclic) bond motifs is 1. The highest BCUT2D eigenvalue weighted by Crippen LogP contribution is 2.30. The van der Waals surface area contributed by atoms with Gasteiger partial charge in [-0.3, -0.25) is 4.72 Å². The molecule has 0 spiro atoms. The number of pyridine rings is 1. The molecule has 8 nitrogen and oxygen atoms in total. The molecule has 44 heavy (non-hydrogen) atoms. The van der Waals surface area contributed by atoms with Crippen LogP contribution in [0.1, 0.15) is 84.3 Å². The van der Waals surface area contributed by atoms with E-state index in [1.807, 2.05) is 0 Å². The number of rotatable bonds is 13. The number of aromatic nitrogens is 4. The number of methoxy groups -OCH3 is 1. The van der Waals surface area contributed by atoms with Gasteiger partial charge in [-0.15, -0.1) is 0 Å². The van der Waals surface area contributed by atoms with Crippen LogP contribution in [0, 0.1) is 28.9 Å². The lowest BCUT2D eigenvalue weighted by Gasteiger charge is -2.17. The van der Waals surface area contributed by atoms with Crippen LogP contribution in [-0.2, 0) is 10.0 Å². The normalized spacial score (nSPS) is 11.8. The van der Waals surface area contributed by atoms with Crippen molar-refractivity contribution in [2.45, 2.75) is 83.5 Å². The minimum absolute atomic E-state index is 0.0318. The Morgan fingerprint density at radius 3 is 2.36 bits per heavy atom. The van der Waals surface area contributed by atoms with Gasteiger partial charge in [0.25, 0.3) is 10.0 Å². The Bertz CT molecular complexity index is 1750. The number of benzene rings is 1. The van der Waals surface area contributed by atoms with Gasteiger partial charge in [0.1, 0.15) is 27.9 Å². The fourth-order valence-corrected chi connectivity index (χ4v) is 5.85. The summed E-state index contributed by atoms with van der Waals surface area (Å²) in [5.74, 6) is 4.26. The van der Waals surface area contributed by atoms with Crippen molar-refractivity contribution in [3.05, 3.63) is 66.1 Å². The minimum atomic E-state index is -4.42. The Balaban J connectivity index is 1.41. The number of unbranched alkanes of at least 4 members (excludes halogenated alkanes) is 7. The van der Waals surface area contributed by atoms with Crippen molar-refractivity contribution in [2.75, 3.05) is 11.8 Å². The van der Waals surface area contributed by atoms with Crippen LogP contribution < -0.4 is 9.46 Å². The third-order valence-corrected chi connectivity index (χ3v) is 8.47. The van der Waals surface area contributed by atoms with Crippen LogP contribution in [0.15, 0.2) is 53.7 Å². The summed E-state index contributed by atoms with van der Waals surface area (Å²) in [6, 6.07) is 7.20. The van der Waals surface area contributed by atoms with Crippen LogP contribution in [0.4, 0.5) is 14.5 Å². The van der Waals surface area contributed by atoms with Crippen LogP contribution in [0.3, 0.4) is 0 Å². The summed E-state index contributed by atoms with van der Waals surface area (Å²) in [6.45, 7) is 6.88. The van der Waals surface area contributed by atoms with Crippen molar-refractivity contribution in [2.24, 2.45) is 5.41 Å². The van der Waals surface area contributed by atoms with Crippen molar-refractivity contribution in [1.29, 1.82) is 0 Å². The van der Waals surface area contributed by atoms with E-state index in [2.05, 4.69) is 52.4 Å². The van der Waals surface area contributed by atoms with Gasteiger partial charge in [-0.1, -0.05) is 65.2 Å². The van der Waals surface area contributed by atoms with Gasteiger partial charge >= 0.3 is 0 Å². The molecule has 0 aliphatic carbocycles. The summed E-state index contributed by atoms with van der Waals surface area (Å²) in [7, 11) is -3.09. The van der Waals surface area contributed by atoms with Gasteiger partial charge in [0.15, 0.2) is 5.65 Å². The predicted octanol–water partition coefficient (Wildman–Crippen LogP) is 7.79. The van der Waals surface area contributed by atoms with Crippen LogP contribution in [0.2, 0.25) is 0 Å². The van der Waals surface area contributed by atoms with E-state index in [0.29, 0.717) is 34.1 Å². The average molecular weight is 624 g/mol. The lowest BCUT2D eigenvalue weighted by atomic mass is 9.89. The Kier molecular flexibility index (Phi) is 10.9. The molecule has 11 heteroatoms. The minimum Gasteiger partial charge on any atom is -0.480 e. The number of halogens is 2. The van der Waals surface area contributed by atoms with E-state index in [9.17, 15) is 17.2 Å². The van der Waals surface area contributed by atoms with Crippen molar-refractivity contribution < 1.29 is 21.9 Å². The van der Waals surface area contributed by atoms with Crippen molar-refractivity contribution in [3.63, 3.8) is 0 Å². The van der Waals surface area contributed by atoms with Crippen LogP contribution >= 0.6 is 0 Å². The molecule has 0 bridgehead atoms. The Hall–Kier alpha value is -4.04. The monoisotopic (exact) mass is 623 g/mol. The number of sulfonamides is 1. The average Bonchev–Trinajstić information content (AvgIpc) is 3.37. The molecule has 1 aromatic carbocycles. The van der Waals surface area contributed by atoms with Gasteiger partial charge in [-0.25, -0.2) is 31.7 Å². The molecule has 0 aliphatic rings. The highest BCUT2D eigenvalue weighted by Gasteiger charge is 2.22. The van der Waals surface area contributed by atoms with Crippen LogP contribution in [0.5, 0.6) is 5.88 Å². The van der Waals surface area contributed by atoms with E-state index in [4.69, 9.17) is 4.74 Å².